The summed E-state index contributed by atoms with van der Waals surface area (Å²) >= 11 is 0. The maximum absolute atomic E-state index is 12.7. The van der Waals surface area contributed by atoms with Crippen molar-refractivity contribution in [2.75, 3.05) is 13.1 Å². The van der Waals surface area contributed by atoms with E-state index >= 15 is 0 Å². The molecule has 5 nitrogen and oxygen atoms in total. The van der Waals surface area contributed by atoms with Crippen molar-refractivity contribution in [3.05, 3.63) is 29.8 Å². The molecule has 2 unspecified atom stereocenters. The number of hydrogen-bond donors (Lipinski definition) is 1. The first kappa shape index (κ1) is 16.0. The van der Waals surface area contributed by atoms with Gasteiger partial charge in [-0.15, -0.1) is 0 Å². The Kier molecular flexibility index (Phi) is 4.99. The summed E-state index contributed by atoms with van der Waals surface area (Å²) in [5.74, 6) is 0.503. The summed E-state index contributed by atoms with van der Waals surface area (Å²) in [5, 5.41) is 8.65. The molecule has 1 aliphatic rings. The van der Waals surface area contributed by atoms with Crippen molar-refractivity contribution in [3.63, 3.8) is 0 Å². The van der Waals surface area contributed by atoms with E-state index in [1.54, 1.807) is 24.3 Å². The van der Waals surface area contributed by atoms with Gasteiger partial charge in [-0.2, -0.15) is 9.57 Å². The van der Waals surface area contributed by atoms with Crippen molar-refractivity contribution in [3.8, 4) is 6.07 Å². The molecule has 0 bridgehead atoms. The van der Waals surface area contributed by atoms with Crippen LogP contribution in [0.4, 0.5) is 0 Å². The maximum Gasteiger partial charge on any atom is 0.243 e. The smallest absolute Gasteiger partial charge is 0.243 e. The highest BCUT2D eigenvalue weighted by Crippen LogP contribution is 2.28. The largest absolute Gasteiger partial charge is 0.329 e. The van der Waals surface area contributed by atoms with Gasteiger partial charge in [0.25, 0.3) is 0 Å². The third kappa shape index (κ3) is 3.43. The second-order valence-corrected chi connectivity index (χ2v) is 7.50. The number of hydrogen-bond acceptors (Lipinski definition) is 4. The van der Waals surface area contributed by atoms with Gasteiger partial charge in [-0.05, 0) is 36.5 Å². The molecular weight excluding hydrogens is 286 g/mol. The molecule has 114 valence electrons. The number of piperidine rings is 1. The molecule has 1 saturated heterocycles. The molecule has 6 heteroatoms. The highest BCUT2D eigenvalue weighted by Gasteiger charge is 2.34. The Morgan fingerprint density at radius 3 is 2.62 bits per heavy atom. The Morgan fingerprint density at radius 1 is 1.38 bits per heavy atom. The van der Waals surface area contributed by atoms with Gasteiger partial charge >= 0.3 is 0 Å². The Bertz CT molecular complexity index is 619. The summed E-state index contributed by atoms with van der Waals surface area (Å²) in [6.07, 6.45) is 1.96. The van der Waals surface area contributed by atoms with Crippen LogP contribution in [0.25, 0.3) is 0 Å². The van der Waals surface area contributed by atoms with Gasteiger partial charge in [0, 0.05) is 19.1 Å². The van der Waals surface area contributed by atoms with Gasteiger partial charge < -0.3 is 5.73 Å². The van der Waals surface area contributed by atoms with Gasteiger partial charge in [-0.1, -0.05) is 19.1 Å². The Balaban J connectivity index is 2.26. The lowest BCUT2D eigenvalue weighted by molar-refractivity contribution is 0.211. The summed E-state index contributed by atoms with van der Waals surface area (Å²) < 4.78 is 27.0. The molecular formula is C15H21N3O2S. The average molecular weight is 307 g/mol. The van der Waals surface area contributed by atoms with Crippen LogP contribution in [-0.4, -0.2) is 31.9 Å². The molecule has 2 N–H and O–H groups in total. The molecule has 0 radical (unpaired) electrons. The lowest BCUT2D eigenvalue weighted by Crippen LogP contribution is -2.49. The molecule has 21 heavy (non-hydrogen) atoms. The van der Waals surface area contributed by atoms with E-state index < -0.39 is 10.0 Å². The molecule has 0 aliphatic carbocycles. The van der Waals surface area contributed by atoms with E-state index in [0.717, 1.165) is 18.4 Å². The van der Waals surface area contributed by atoms with Crippen molar-refractivity contribution in [1.29, 1.82) is 5.26 Å². The van der Waals surface area contributed by atoms with Crippen LogP contribution in [-0.2, 0) is 16.4 Å². The molecule has 0 saturated carbocycles. The molecule has 0 amide bonds. The van der Waals surface area contributed by atoms with E-state index in [4.69, 9.17) is 11.0 Å². The third-order valence-electron chi connectivity index (χ3n) is 4.01. The van der Waals surface area contributed by atoms with Crippen LogP contribution >= 0.6 is 0 Å². The van der Waals surface area contributed by atoms with Crippen LogP contribution in [0.2, 0.25) is 0 Å². The number of nitrogens with zero attached hydrogens (tertiary/aromatic N) is 2. The average Bonchev–Trinajstić information content (AvgIpc) is 2.47. The first-order valence-corrected chi connectivity index (χ1v) is 8.61. The lowest BCUT2D eigenvalue weighted by Gasteiger charge is -2.36. The van der Waals surface area contributed by atoms with E-state index in [9.17, 15) is 8.42 Å². The monoisotopic (exact) mass is 307 g/mol. The van der Waals surface area contributed by atoms with Crippen molar-refractivity contribution < 1.29 is 8.42 Å². The summed E-state index contributed by atoms with van der Waals surface area (Å²) in [7, 11) is -3.51. The summed E-state index contributed by atoms with van der Waals surface area (Å²) in [4.78, 5) is 0.275. The van der Waals surface area contributed by atoms with Crippen LogP contribution in [0.1, 0.15) is 25.3 Å². The van der Waals surface area contributed by atoms with Crippen LogP contribution in [0.15, 0.2) is 29.2 Å². The molecule has 0 aromatic heterocycles. The quantitative estimate of drug-likeness (QED) is 0.913. The van der Waals surface area contributed by atoms with Crippen molar-refractivity contribution in [2.24, 2.45) is 11.7 Å². The predicted molar refractivity (Wildman–Crippen MR) is 80.9 cm³/mol. The molecule has 1 aliphatic heterocycles. The van der Waals surface area contributed by atoms with E-state index in [2.05, 4.69) is 13.0 Å². The van der Waals surface area contributed by atoms with E-state index in [1.165, 1.54) is 4.31 Å². The Labute approximate surface area is 126 Å². The van der Waals surface area contributed by atoms with E-state index in [-0.39, 0.29) is 17.4 Å². The van der Waals surface area contributed by atoms with Gasteiger partial charge in [-0.3, -0.25) is 0 Å². The maximum atomic E-state index is 12.7. The predicted octanol–water partition coefficient (Wildman–Crippen LogP) is 1.50. The first-order valence-electron chi connectivity index (χ1n) is 7.17. The number of nitrogens with two attached hydrogens (primary N) is 1. The summed E-state index contributed by atoms with van der Waals surface area (Å²) in [6.45, 7) is 2.99. The number of rotatable bonds is 4. The minimum atomic E-state index is -3.51. The fourth-order valence-electron chi connectivity index (χ4n) is 2.77. The highest BCUT2D eigenvalue weighted by atomic mass is 32.2. The molecule has 1 aromatic carbocycles. The standard InChI is InChI=1S/C15H21N3O2S/c1-12-7-9-18(14(10-12)11-17)21(19,20)15-4-2-13(3-5-15)6-8-16/h2-5,12,14H,6-7,9-11,17H2,1H3. The zero-order valence-corrected chi connectivity index (χ0v) is 13.0. The number of benzene rings is 1. The van der Waals surface area contributed by atoms with Gasteiger partial charge in [-0.25, -0.2) is 8.42 Å². The van der Waals surface area contributed by atoms with Crippen molar-refractivity contribution in [1.82, 2.24) is 4.31 Å². The van der Waals surface area contributed by atoms with Crippen LogP contribution in [0.5, 0.6) is 0 Å². The highest BCUT2D eigenvalue weighted by molar-refractivity contribution is 7.89. The fraction of sp³-hybridized carbons (Fsp3) is 0.533. The molecule has 2 rings (SSSR count). The zero-order chi connectivity index (χ0) is 15.5. The van der Waals surface area contributed by atoms with Crippen molar-refractivity contribution >= 4 is 10.0 Å². The molecule has 1 aromatic rings. The normalized spacial score (nSPS) is 23.7. The summed E-state index contributed by atoms with van der Waals surface area (Å²) in [5.41, 5.74) is 6.57. The van der Waals surface area contributed by atoms with Gasteiger partial charge in [0.1, 0.15) is 0 Å². The number of sulfonamides is 1. The van der Waals surface area contributed by atoms with Gasteiger partial charge in [0.05, 0.1) is 17.4 Å². The second-order valence-electron chi connectivity index (χ2n) is 5.61. The Hall–Kier alpha value is -1.42. The van der Waals surface area contributed by atoms with Crippen LogP contribution in [0.3, 0.4) is 0 Å². The van der Waals surface area contributed by atoms with E-state index in [0.29, 0.717) is 19.0 Å². The van der Waals surface area contributed by atoms with Crippen LogP contribution < -0.4 is 5.73 Å². The molecule has 0 spiro atoms. The minimum absolute atomic E-state index is 0.127. The van der Waals surface area contributed by atoms with E-state index in [1.807, 2.05) is 0 Å². The minimum Gasteiger partial charge on any atom is -0.329 e. The van der Waals surface area contributed by atoms with Gasteiger partial charge in [0.2, 0.25) is 10.0 Å². The first-order chi connectivity index (χ1) is 9.98. The molecule has 1 heterocycles. The molecule has 1 fully saturated rings. The molecule has 2 atom stereocenters. The SMILES string of the molecule is CC1CCN(S(=O)(=O)c2ccc(CC#N)cc2)C(CN)C1. The van der Waals surface area contributed by atoms with Crippen molar-refractivity contribution in [2.45, 2.75) is 37.1 Å². The fourth-order valence-corrected chi connectivity index (χ4v) is 4.43. The zero-order valence-electron chi connectivity index (χ0n) is 12.2. The summed E-state index contributed by atoms with van der Waals surface area (Å²) in [6, 6.07) is 8.47. The second kappa shape index (κ2) is 6.56. The number of nitriles is 1. The van der Waals surface area contributed by atoms with Gasteiger partial charge in [0.15, 0.2) is 0 Å². The Morgan fingerprint density at radius 2 is 2.05 bits per heavy atom. The lowest BCUT2D eigenvalue weighted by atomic mass is 9.94. The topological polar surface area (TPSA) is 87.2 Å². The third-order valence-corrected chi connectivity index (χ3v) is 5.98. The van der Waals surface area contributed by atoms with Crippen LogP contribution in [0, 0.1) is 17.2 Å².